The van der Waals surface area contributed by atoms with Gasteiger partial charge in [-0.25, -0.2) is 14.4 Å². The number of nitrogens with one attached hydrogen (secondary N) is 1. The molecule has 2 aromatic heterocycles. The van der Waals surface area contributed by atoms with Crippen molar-refractivity contribution < 1.29 is 9.13 Å². The normalized spacial score (nSPS) is 10.9. The number of hydrogen-bond donors (Lipinski definition) is 1. The second kappa shape index (κ2) is 6.12. The number of aromatic nitrogens is 3. The van der Waals surface area contributed by atoms with E-state index in [9.17, 15) is 4.39 Å². The monoisotopic (exact) mass is 318 g/mol. The number of hydrogen-bond acceptors (Lipinski definition) is 3. The lowest BCUT2D eigenvalue weighted by molar-refractivity contribution is 0.290. The minimum absolute atomic E-state index is 0.227. The van der Waals surface area contributed by atoms with Crippen LogP contribution in [0.25, 0.3) is 22.3 Å². The zero-order chi connectivity index (χ0) is 16.4. The van der Waals surface area contributed by atoms with E-state index in [1.54, 1.807) is 12.3 Å². The molecule has 4 aromatic rings. The van der Waals surface area contributed by atoms with Crippen LogP contribution in [0.4, 0.5) is 4.39 Å². The molecule has 0 spiro atoms. The zero-order valence-electron chi connectivity index (χ0n) is 12.7. The number of halogens is 1. The van der Waals surface area contributed by atoms with Crippen LogP contribution in [0, 0.1) is 12.1 Å². The van der Waals surface area contributed by atoms with Gasteiger partial charge in [-0.2, -0.15) is 0 Å². The van der Waals surface area contributed by atoms with Gasteiger partial charge in [0.05, 0.1) is 0 Å². The number of ether oxygens (including phenoxy) is 1. The lowest BCUT2D eigenvalue weighted by Crippen LogP contribution is -1.97. The van der Waals surface area contributed by atoms with Crippen molar-refractivity contribution in [3.05, 3.63) is 78.5 Å². The van der Waals surface area contributed by atoms with E-state index >= 15 is 0 Å². The number of H-pyrrole nitrogens is 1. The third-order valence-electron chi connectivity index (χ3n) is 3.72. The number of imidazole rings is 1. The number of aromatic amines is 1. The van der Waals surface area contributed by atoms with E-state index in [1.165, 1.54) is 6.07 Å². The van der Waals surface area contributed by atoms with Crippen molar-refractivity contribution in [1.82, 2.24) is 15.0 Å². The Morgan fingerprint density at radius 2 is 1.92 bits per heavy atom. The number of nitrogens with zero attached hydrogens (tertiary/aromatic N) is 2. The molecule has 4 nitrogen and oxygen atoms in total. The molecular formula is C19H13FN3O. The first-order valence-electron chi connectivity index (χ1n) is 7.48. The van der Waals surface area contributed by atoms with Gasteiger partial charge < -0.3 is 9.72 Å². The Balaban J connectivity index is 1.57. The van der Waals surface area contributed by atoms with Crippen molar-refractivity contribution in [3.8, 4) is 16.9 Å². The Hall–Kier alpha value is -3.21. The SMILES string of the molecule is Fc1cc(-c2cnc3[nH][c]nc3c2)ccc1OCc1ccccc1. The smallest absolute Gasteiger partial charge is 0.175 e. The standard InChI is InChI=1S/C19H13FN3O/c20-16-8-14(15-9-17-19(21-10-15)23-12-22-17)6-7-18(16)24-11-13-4-2-1-3-5-13/h1-10H,11H2,(H,21,22,23). The van der Waals surface area contributed by atoms with Crippen molar-refractivity contribution in [1.29, 1.82) is 0 Å². The average molecular weight is 318 g/mol. The minimum Gasteiger partial charge on any atom is -0.486 e. The van der Waals surface area contributed by atoms with Crippen LogP contribution in [0.1, 0.15) is 5.56 Å². The molecule has 4 rings (SSSR count). The first-order valence-corrected chi connectivity index (χ1v) is 7.48. The summed E-state index contributed by atoms with van der Waals surface area (Å²) in [6, 6.07) is 16.4. The van der Waals surface area contributed by atoms with Crippen LogP contribution in [0.3, 0.4) is 0 Å². The molecule has 1 radical (unpaired) electrons. The fourth-order valence-electron chi connectivity index (χ4n) is 2.47. The van der Waals surface area contributed by atoms with Crippen LogP contribution >= 0.6 is 0 Å². The number of benzene rings is 2. The van der Waals surface area contributed by atoms with E-state index in [2.05, 4.69) is 21.3 Å². The number of rotatable bonds is 4. The second-order valence-electron chi connectivity index (χ2n) is 5.36. The molecule has 0 aliphatic rings. The first kappa shape index (κ1) is 14.4. The minimum atomic E-state index is -0.405. The molecule has 0 unspecified atom stereocenters. The van der Waals surface area contributed by atoms with Gasteiger partial charge in [0.2, 0.25) is 0 Å². The van der Waals surface area contributed by atoms with Crippen molar-refractivity contribution in [2.75, 3.05) is 0 Å². The van der Waals surface area contributed by atoms with E-state index in [0.717, 1.165) is 16.7 Å². The van der Waals surface area contributed by atoms with E-state index < -0.39 is 5.82 Å². The molecule has 0 aliphatic carbocycles. The summed E-state index contributed by atoms with van der Waals surface area (Å²) >= 11 is 0. The summed E-state index contributed by atoms with van der Waals surface area (Å²) in [5.74, 6) is -0.179. The van der Waals surface area contributed by atoms with Gasteiger partial charge in [0.15, 0.2) is 23.5 Å². The quantitative estimate of drug-likeness (QED) is 0.615. The first-order chi connectivity index (χ1) is 11.8. The molecule has 0 saturated carbocycles. The van der Waals surface area contributed by atoms with Gasteiger partial charge in [-0.15, -0.1) is 0 Å². The molecular weight excluding hydrogens is 305 g/mol. The molecule has 0 saturated heterocycles. The maximum atomic E-state index is 14.3. The lowest BCUT2D eigenvalue weighted by atomic mass is 10.1. The number of pyridine rings is 1. The van der Waals surface area contributed by atoms with Crippen LogP contribution in [-0.4, -0.2) is 15.0 Å². The second-order valence-corrected chi connectivity index (χ2v) is 5.36. The van der Waals surface area contributed by atoms with Gasteiger partial charge in [-0.05, 0) is 29.3 Å². The summed E-state index contributed by atoms with van der Waals surface area (Å²) in [5, 5.41) is 0. The fourth-order valence-corrected chi connectivity index (χ4v) is 2.47. The summed E-state index contributed by atoms with van der Waals surface area (Å²) in [6.07, 6.45) is 4.31. The molecule has 5 heteroatoms. The van der Waals surface area contributed by atoms with Crippen LogP contribution < -0.4 is 4.74 Å². The Labute approximate surface area is 138 Å². The molecule has 0 atom stereocenters. The average Bonchev–Trinajstić information content (AvgIpc) is 3.09. The maximum absolute atomic E-state index is 14.3. The third kappa shape index (κ3) is 2.84. The van der Waals surface area contributed by atoms with E-state index in [-0.39, 0.29) is 5.75 Å². The molecule has 0 amide bonds. The molecule has 0 aliphatic heterocycles. The molecule has 1 N–H and O–H groups in total. The lowest BCUT2D eigenvalue weighted by Gasteiger charge is -2.09. The Morgan fingerprint density at radius 3 is 2.75 bits per heavy atom. The third-order valence-corrected chi connectivity index (χ3v) is 3.72. The highest BCUT2D eigenvalue weighted by Crippen LogP contribution is 2.27. The van der Waals surface area contributed by atoms with Crippen LogP contribution in [0.15, 0.2) is 60.8 Å². The van der Waals surface area contributed by atoms with E-state index in [0.29, 0.717) is 17.8 Å². The predicted octanol–water partition coefficient (Wildman–Crippen LogP) is 4.14. The van der Waals surface area contributed by atoms with Crippen LogP contribution in [-0.2, 0) is 6.61 Å². The molecule has 0 fully saturated rings. The van der Waals surface area contributed by atoms with Crippen molar-refractivity contribution >= 4 is 11.2 Å². The Kier molecular flexibility index (Phi) is 3.67. The topological polar surface area (TPSA) is 50.8 Å². The van der Waals surface area contributed by atoms with Gasteiger partial charge in [0.1, 0.15) is 12.1 Å². The highest BCUT2D eigenvalue weighted by molar-refractivity contribution is 5.77. The summed E-state index contributed by atoms with van der Waals surface area (Å²) in [4.78, 5) is 11.1. The molecule has 2 heterocycles. The summed E-state index contributed by atoms with van der Waals surface area (Å²) in [6.45, 7) is 0.327. The van der Waals surface area contributed by atoms with Gasteiger partial charge in [-0.1, -0.05) is 36.4 Å². The van der Waals surface area contributed by atoms with Gasteiger partial charge >= 0.3 is 0 Å². The highest BCUT2D eigenvalue weighted by Gasteiger charge is 2.08. The van der Waals surface area contributed by atoms with Gasteiger partial charge in [0.25, 0.3) is 0 Å². The fraction of sp³-hybridized carbons (Fsp3) is 0.0526. The Morgan fingerprint density at radius 1 is 1.04 bits per heavy atom. The van der Waals surface area contributed by atoms with E-state index in [1.807, 2.05) is 42.5 Å². The highest BCUT2D eigenvalue weighted by atomic mass is 19.1. The molecule has 2 aromatic carbocycles. The molecule has 0 bridgehead atoms. The van der Waals surface area contributed by atoms with Crippen molar-refractivity contribution in [2.24, 2.45) is 0 Å². The summed E-state index contributed by atoms with van der Waals surface area (Å²) in [5.41, 5.74) is 3.85. The van der Waals surface area contributed by atoms with E-state index in [4.69, 9.17) is 4.74 Å². The zero-order valence-corrected chi connectivity index (χ0v) is 12.7. The molecule has 117 valence electrons. The van der Waals surface area contributed by atoms with Crippen LogP contribution in [0.5, 0.6) is 5.75 Å². The summed E-state index contributed by atoms with van der Waals surface area (Å²) in [7, 11) is 0. The van der Waals surface area contributed by atoms with Crippen molar-refractivity contribution in [2.45, 2.75) is 6.61 Å². The largest absolute Gasteiger partial charge is 0.486 e. The molecule has 24 heavy (non-hydrogen) atoms. The maximum Gasteiger partial charge on any atom is 0.175 e. The van der Waals surface area contributed by atoms with Crippen molar-refractivity contribution in [3.63, 3.8) is 0 Å². The number of fused-ring (bicyclic) bond motifs is 1. The Bertz CT molecular complexity index is 982. The summed E-state index contributed by atoms with van der Waals surface area (Å²) < 4.78 is 19.9. The predicted molar refractivity (Wildman–Crippen MR) is 88.9 cm³/mol. The van der Waals surface area contributed by atoms with Gasteiger partial charge in [0, 0.05) is 11.8 Å². The van der Waals surface area contributed by atoms with Crippen LogP contribution in [0.2, 0.25) is 0 Å². The van der Waals surface area contributed by atoms with Gasteiger partial charge in [-0.3, -0.25) is 0 Å².